The normalized spacial score (nSPS) is 12.1. The maximum Gasteiger partial charge on any atom is 0.262 e. The number of thioether (sulfide) groups is 1. The third-order valence-electron chi connectivity index (χ3n) is 4.36. The van der Waals surface area contributed by atoms with Gasteiger partial charge in [-0.1, -0.05) is 61.2 Å². The molecule has 6 heteroatoms. The first-order valence-electron chi connectivity index (χ1n) is 9.04. The van der Waals surface area contributed by atoms with Crippen molar-refractivity contribution in [3.63, 3.8) is 0 Å². The van der Waals surface area contributed by atoms with Gasteiger partial charge in [-0.05, 0) is 31.0 Å². The third kappa shape index (κ3) is 4.77. The smallest absolute Gasteiger partial charge is 0.262 e. The summed E-state index contributed by atoms with van der Waals surface area (Å²) in [5.74, 6) is 0.173. The van der Waals surface area contributed by atoms with Crippen molar-refractivity contribution < 1.29 is 4.79 Å². The van der Waals surface area contributed by atoms with Gasteiger partial charge in [0.15, 0.2) is 5.16 Å². The van der Waals surface area contributed by atoms with Gasteiger partial charge in [-0.3, -0.25) is 14.2 Å². The molecule has 5 nitrogen and oxygen atoms in total. The average molecular weight is 382 g/mol. The molecule has 1 heterocycles. The number of aromatic nitrogens is 2. The van der Waals surface area contributed by atoms with Crippen molar-refractivity contribution in [3.05, 3.63) is 70.5 Å². The summed E-state index contributed by atoms with van der Waals surface area (Å²) in [7, 11) is 0. The van der Waals surface area contributed by atoms with E-state index in [1.165, 1.54) is 11.8 Å². The lowest BCUT2D eigenvalue weighted by Gasteiger charge is -2.14. The molecule has 2 aromatic carbocycles. The largest absolute Gasteiger partial charge is 0.353 e. The van der Waals surface area contributed by atoms with Gasteiger partial charge in [0.05, 0.1) is 23.2 Å². The van der Waals surface area contributed by atoms with Crippen LogP contribution in [0.5, 0.6) is 0 Å². The highest BCUT2D eigenvalue weighted by molar-refractivity contribution is 7.99. The number of carbonyl (C=O) groups excluding carboxylic acids is 1. The van der Waals surface area contributed by atoms with Crippen LogP contribution in [-0.2, 0) is 11.3 Å². The summed E-state index contributed by atoms with van der Waals surface area (Å²) in [5.41, 5.74) is 1.58. The molecule has 0 spiro atoms. The van der Waals surface area contributed by atoms with Crippen LogP contribution < -0.4 is 10.9 Å². The second-order valence-corrected chi connectivity index (χ2v) is 7.40. The second-order valence-electron chi connectivity index (χ2n) is 6.45. The SMILES string of the molecule is CC[C@H](C)NC(=O)CSc1nc2ccccc2c(=O)n1Cc1ccccc1. The minimum atomic E-state index is -0.0886. The van der Waals surface area contributed by atoms with E-state index in [0.717, 1.165) is 12.0 Å². The standard InChI is InChI=1S/C21H23N3O2S/c1-3-15(2)22-19(25)14-27-21-23-18-12-8-7-11-17(18)20(26)24(21)13-16-9-5-4-6-10-16/h4-12,15H,3,13-14H2,1-2H3,(H,22,25)/t15-/m0/s1. The van der Waals surface area contributed by atoms with Crippen LogP contribution in [0.4, 0.5) is 0 Å². The van der Waals surface area contributed by atoms with Gasteiger partial charge in [0.25, 0.3) is 5.56 Å². The first-order chi connectivity index (χ1) is 13.1. The molecule has 0 aliphatic heterocycles. The quantitative estimate of drug-likeness (QED) is 0.503. The van der Waals surface area contributed by atoms with Gasteiger partial charge in [-0.2, -0.15) is 0 Å². The molecule has 27 heavy (non-hydrogen) atoms. The molecule has 3 rings (SSSR count). The number of hydrogen-bond donors (Lipinski definition) is 1. The predicted molar refractivity (Wildman–Crippen MR) is 110 cm³/mol. The Kier molecular flexibility index (Phi) is 6.29. The molecular formula is C21H23N3O2S. The van der Waals surface area contributed by atoms with Crippen LogP contribution in [0.15, 0.2) is 64.5 Å². The molecule has 0 saturated heterocycles. The highest BCUT2D eigenvalue weighted by atomic mass is 32.2. The summed E-state index contributed by atoms with van der Waals surface area (Å²) in [6.07, 6.45) is 0.878. The molecule has 0 aliphatic carbocycles. The van der Waals surface area contributed by atoms with Crippen molar-refractivity contribution in [1.82, 2.24) is 14.9 Å². The number of amides is 1. The van der Waals surface area contributed by atoms with E-state index in [1.54, 1.807) is 10.6 Å². The Morgan fingerprint density at radius 3 is 2.59 bits per heavy atom. The van der Waals surface area contributed by atoms with Crippen LogP contribution in [0.1, 0.15) is 25.8 Å². The van der Waals surface area contributed by atoms with E-state index in [2.05, 4.69) is 10.3 Å². The number of hydrogen-bond acceptors (Lipinski definition) is 4. The van der Waals surface area contributed by atoms with Gasteiger partial charge in [0, 0.05) is 6.04 Å². The van der Waals surface area contributed by atoms with Crippen molar-refractivity contribution in [2.75, 3.05) is 5.75 Å². The number of nitrogens with one attached hydrogen (secondary N) is 1. The monoisotopic (exact) mass is 381 g/mol. The maximum absolute atomic E-state index is 13.0. The van der Waals surface area contributed by atoms with Crippen LogP contribution in [0.25, 0.3) is 10.9 Å². The van der Waals surface area contributed by atoms with E-state index in [9.17, 15) is 9.59 Å². The Morgan fingerprint density at radius 1 is 1.15 bits per heavy atom. The van der Waals surface area contributed by atoms with E-state index in [0.29, 0.717) is 22.6 Å². The number of benzene rings is 2. The van der Waals surface area contributed by atoms with Gasteiger partial charge in [0.2, 0.25) is 5.91 Å². The van der Waals surface area contributed by atoms with Gasteiger partial charge < -0.3 is 5.32 Å². The van der Waals surface area contributed by atoms with Crippen molar-refractivity contribution in [3.8, 4) is 0 Å². The van der Waals surface area contributed by atoms with Crippen LogP contribution in [0, 0.1) is 0 Å². The fraction of sp³-hybridized carbons (Fsp3) is 0.286. The topological polar surface area (TPSA) is 64.0 Å². The van der Waals surface area contributed by atoms with E-state index < -0.39 is 0 Å². The zero-order chi connectivity index (χ0) is 19.2. The maximum atomic E-state index is 13.0. The van der Waals surface area contributed by atoms with Gasteiger partial charge in [-0.15, -0.1) is 0 Å². The van der Waals surface area contributed by atoms with Crippen LogP contribution in [0.2, 0.25) is 0 Å². The summed E-state index contributed by atoms with van der Waals surface area (Å²) >= 11 is 1.30. The molecule has 0 saturated carbocycles. The average Bonchev–Trinajstić information content (AvgIpc) is 2.69. The van der Waals surface area contributed by atoms with Crippen LogP contribution in [-0.4, -0.2) is 27.3 Å². The number of nitrogens with zero attached hydrogens (tertiary/aromatic N) is 2. The van der Waals surface area contributed by atoms with E-state index >= 15 is 0 Å². The molecule has 3 aromatic rings. The molecular weight excluding hydrogens is 358 g/mol. The van der Waals surface area contributed by atoms with Crippen molar-refractivity contribution >= 4 is 28.6 Å². The highest BCUT2D eigenvalue weighted by Gasteiger charge is 2.14. The Morgan fingerprint density at radius 2 is 1.85 bits per heavy atom. The van der Waals surface area contributed by atoms with Crippen molar-refractivity contribution in [2.45, 2.75) is 38.0 Å². The summed E-state index contributed by atoms with van der Waals surface area (Å²) < 4.78 is 1.65. The molecule has 0 radical (unpaired) electrons. The summed E-state index contributed by atoms with van der Waals surface area (Å²) in [6, 6.07) is 17.2. The minimum absolute atomic E-state index is 0.0528. The number of carbonyl (C=O) groups is 1. The minimum Gasteiger partial charge on any atom is -0.353 e. The van der Waals surface area contributed by atoms with Gasteiger partial charge in [0.1, 0.15) is 0 Å². The molecule has 1 aromatic heterocycles. The zero-order valence-corrected chi connectivity index (χ0v) is 16.3. The van der Waals surface area contributed by atoms with Gasteiger partial charge in [-0.25, -0.2) is 4.98 Å². The van der Waals surface area contributed by atoms with E-state index in [4.69, 9.17) is 0 Å². The van der Waals surface area contributed by atoms with Crippen molar-refractivity contribution in [2.24, 2.45) is 0 Å². The lowest BCUT2D eigenvalue weighted by Crippen LogP contribution is -2.33. The third-order valence-corrected chi connectivity index (χ3v) is 5.34. The lowest BCUT2D eigenvalue weighted by atomic mass is 10.2. The second kappa shape index (κ2) is 8.86. The molecule has 0 aliphatic rings. The number of fused-ring (bicyclic) bond motifs is 1. The Hall–Kier alpha value is -2.60. The highest BCUT2D eigenvalue weighted by Crippen LogP contribution is 2.19. The molecule has 140 valence electrons. The Bertz CT molecular complexity index is 986. The van der Waals surface area contributed by atoms with Crippen LogP contribution >= 0.6 is 11.8 Å². The molecule has 1 N–H and O–H groups in total. The lowest BCUT2D eigenvalue weighted by molar-refractivity contribution is -0.119. The first-order valence-corrected chi connectivity index (χ1v) is 10.0. The Labute approximate surface area is 162 Å². The van der Waals surface area contributed by atoms with E-state index in [1.807, 2.05) is 62.4 Å². The first kappa shape index (κ1) is 19.2. The predicted octanol–water partition coefficient (Wildman–Crippen LogP) is 3.45. The fourth-order valence-corrected chi connectivity index (χ4v) is 3.52. The molecule has 0 fully saturated rings. The molecule has 1 atom stereocenters. The fourth-order valence-electron chi connectivity index (χ4n) is 2.71. The molecule has 0 unspecified atom stereocenters. The van der Waals surface area contributed by atoms with E-state index in [-0.39, 0.29) is 23.3 Å². The summed E-state index contributed by atoms with van der Waals surface area (Å²) in [6.45, 7) is 4.43. The van der Waals surface area contributed by atoms with Gasteiger partial charge >= 0.3 is 0 Å². The summed E-state index contributed by atoms with van der Waals surface area (Å²) in [4.78, 5) is 29.8. The summed E-state index contributed by atoms with van der Waals surface area (Å²) in [5, 5.41) is 4.09. The Balaban J connectivity index is 1.93. The number of para-hydroxylation sites is 1. The zero-order valence-electron chi connectivity index (χ0n) is 15.5. The van der Waals surface area contributed by atoms with Crippen LogP contribution in [0.3, 0.4) is 0 Å². The number of rotatable bonds is 7. The molecule has 1 amide bonds. The molecule has 0 bridgehead atoms. The van der Waals surface area contributed by atoms with Crippen molar-refractivity contribution in [1.29, 1.82) is 0 Å².